The van der Waals surface area contributed by atoms with Gasteiger partial charge in [0.2, 0.25) is 0 Å². The molecule has 0 aliphatic rings. The molecule has 0 aliphatic carbocycles. The first-order chi connectivity index (χ1) is 9.35. The van der Waals surface area contributed by atoms with Crippen LogP contribution in [-0.4, -0.2) is 12.0 Å². The maximum Gasteiger partial charge on any atom is 0.199 e. The van der Waals surface area contributed by atoms with Crippen molar-refractivity contribution in [1.29, 1.82) is 0 Å². The van der Waals surface area contributed by atoms with E-state index in [9.17, 15) is 0 Å². The van der Waals surface area contributed by atoms with E-state index >= 15 is 0 Å². The fourth-order valence-corrected chi connectivity index (χ4v) is 2.18. The Kier molecular flexibility index (Phi) is 3.29. The van der Waals surface area contributed by atoms with Crippen molar-refractivity contribution in [3.05, 3.63) is 65.5 Å². The van der Waals surface area contributed by atoms with E-state index in [0.717, 1.165) is 30.0 Å². The van der Waals surface area contributed by atoms with Crippen LogP contribution < -0.4 is 5.32 Å². The smallest absolute Gasteiger partial charge is 0.199 e. The fourth-order valence-electron chi connectivity index (χ4n) is 2.18. The van der Waals surface area contributed by atoms with E-state index in [2.05, 4.69) is 28.5 Å². The van der Waals surface area contributed by atoms with Crippen LogP contribution in [0.1, 0.15) is 17.0 Å². The summed E-state index contributed by atoms with van der Waals surface area (Å²) >= 11 is 0. The average molecular weight is 252 g/mol. The van der Waals surface area contributed by atoms with Gasteiger partial charge in [-0.15, -0.1) is 0 Å². The van der Waals surface area contributed by atoms with E-state index in [0.29, 0.717) is 0 Å². The lowest BCUT2D eigenvalue weighted by atomic mass is 10.1. The molecule has 96 valence electrons. The molecule has 0 amide bonds. The summed E-state index contributed by atoms with van der Waals surface area (Å²) in [5.74, 6) is 0.766. The summed E-state index contributed by atoms with van der Waals surface area (Å²) in [6.45, 7) is 0.838. The summed E-state index contributed by atoms with van der Waals surface area (Å²) in [5.41, 5.74) is 4.20. The largest absolute Gasteiger partial charge is 0.440 e. The number of aromatic nitrogens is 1. The van der Waals surface area contributed by atoms with Crippen LogP contribution in [0.15, 0.2) is 52.9 Å². The average Bonchev–Trinajstić information content (AvgIpc) is 2.82. The molecule has 0 atom stereocenters. The van der Waals surface area contributed by atoms with Gasteiger partial charge in [-0.25, -0.2) is 4.98 Å². The molecule has 1 aromatic heterocycles. The minimum Gasteiger partial charge on any atom is -0.440 e. The van der Waals surface area contributed by atoms with Gasteiger partial charge in [-0.3, -0.25) is 0 Å². The number of oxazole rings is 1. The molecule has 3 nitrogen and oxygen atoms in total. The molecule has 0 saturated carbocycles. The van der Waals surface area contributed by atoms with E-state index in [4.69, 9.17) is 4.42 Å². The van der Waals surface area contributed by atoms with Crippen molar-refractivity contribution in [2.24, 2.45) is 0 Å². The van der Waals surface area contributed by atoms with Gasteiger partial charge in [0.1, 0.15) is 5.52 Å². The van der Waals surface area contributed by atoms with Gasteiger partial charge in [0.15, 0.2) is 11.5 Å². The highest BCUT2D eigenvalue weighted by Crippen LogP contribution is 2.19. The normalized spacial score (nSPS) is 11.0. The Bertz CT molecular complexity index is 674. The van der Waals surface area contributed by atoms with E-state index < -0.39 is 0 Å². The summed E-state index contributed by atoms with van der Waals surface area (Å²) in [6, 6.07) is 16.4. The van der Waals surface area contributed by atoms with E-state index in [1.165, 1.54) is 11.1 Å². The molecule has 2 aromatic carbocycles. The van der Waals surface area contributed by atoms with Crippen molar-refractivity contribution in [1.82, 2.24) is 10.3 Å². The monoisotopic (exact) mass is 252 g/mol. The van der Waals surface area contributed by atoms with Crippen LogP contribution in [-0.2, 0) is 13.0 Å². The second-order valence-corrected chi connectivity index (χ2v) is 4.60. The van der Waals surface area contributed by atoms with Crippen molar-refractivity contribution in [3.63, 3.8) is 0 Å². The number of nitrogens with one attached hydrogen (secondary N) is 1. The first kappa shape index (κ1) is 11.9. The van der Waals surface area contributed by atoms with Crippen LogP contribution >= 0.6 is 0 Å². The lowest BCUT2D eigenvalue weighted by Crippen LogP contribution is -2.04. The van der Waals surface area contributed by atoms with Gasteiger partial charge >= 0.3 is 0 Å². The Labute approximate surface area is 112 Å². The minimum atomic E-state index is 0.733. The topological polar surface area (TPSA) is 38.1 Å². The molecule has 0 aliphatic heterocycles. The van der Waals surface area contributed by atoms with Crippen molar-refractivity contribution < 1.29 is 4.42 Å². The molecule has 19 heavy (non-hydrogen) atoms. The fraction of sp³-hybridized carbons (Fsp3) is 0.188. The third-order valence-electron chi connectivity index (χ3n) is 3.08. The molecule has 0 fully saturated rings. The third kappa shape index (κ3) is 2.66. The molecule has 3 aromatic rings. The minimum absolute atomic E-state index is 0.733. The molecule has 3 rings (SSSR count). The third-order valence-corrected chi connectivity index (χ3v) is 3.08. The summed E-state index contributed by atoms with van der Waals surface area (Å²) in [4.78, 5) is 4.52. The van der Waals surface area contributed by atoms with Gasteiger partial charge in [0.05, 0.1) is 0 Å². The second kappa shape index (κ2) is 5.24. The molecular weight excluding hydrogens is 236 g/mol. The second-order valence-electron chi connectivity index (χ2n) is 4.60. The van der Waals surface area contributed by atoms with Gasteiger partial charge in [0.25, 0.3) is 0 Å². The SMILES string of the molecule is CNCc1ccc2nc(Cc3ccccc3)oc2c1. The van der Waals surface area contributed by atoms with Crippen molar-refractivity contribution >= 4 is 11.1 Å². The van der Waals surface area contributed by atoms with Gasteiger partial charge in [-0.1, -0.05) is 36.4 Å². The number of hydrogen-bond donors (Lipinski definition) is 1. The van der Waals surface area contributed by atoms with Gasteiger partial charge < -0.3 is 9.73 Å². The van der Waals surface area contributed by atoms with Crippen LogP contribution in [0, 0.1) is 0 Å². The van der Waals surface area contributed by atoms with Crippen molar-refractivity contribution in [3.8, 4) is 0 Å². The molecule has 0 saturated heterocycles. The quantitative estimate of drug-likeness (QED) is 0.775. The maximum atomic E-state index is 5.82. The Morgan fingerprint density at radius 2 is 1.89 bits per heavy atom. The number of fused-ring (bicyclic) bond motifs is 1. The highest BCUT2D eigenvalue weighted by Gasteiger charge is 2.07. The predicted octanol–water partition coefficient (Wildman–Crippen LogP) is 3.14. The molecular formula is C16H16N2O. The van der Waals surface area contributed by atoms with Crippen LogP contribution in [0.4, 0.5) is 0 Å². The number of nitrogens with zero attached hydrogens (tertiary/aromatic N) is 1. The predicted molar refractivity (Wildman–Crippen MR) is 76.0 cm³/mol. The Hall–Kier alpha value is -2.13. The molecule has 1 heterocycles. The molecule has 1 N–H and O–H groups in total. The van der Waals surface area contributed by atoms with Gasteiger partial charge in [-0.2, -0.15) is 0 Å². The molecule has 3 heteroatoms. The Morgan fingerprint density at radius 1 is 1.05 bits per heavy atom. The molecule has 0 bridgehead atoms. The zero-order valence-corrected chi connectivity index (χ0v) is 10.9. The van der Waals surface area contributed by atoms with Crippen LogP contribution in [0.2, 0.25) is 0 Å². The lowest BCUT2D eigenvalue weighted by molar-refractivity contribution is 0.543. The Morgan fingerprint density at radius 3 is 2.68 bits per heavy atom. The number of hydrogen-bond acceptors (Lipinski definition) is 3. The highest BCUT2D eigenvalue weighted by atomic mass is 16.3. The summed E-state index contributed by atoms with van der Waals surface area (Å²) < 4.78 is 5.82. The molecule has 0 radical (unpaired) electrons. The Balaban J connectivity index is 1.89. The first-order valence-corrected chi connectivity index (χ1v) is 6.42. The van der Waals surface area contributed by atoms with E-state index in [1.807, 2.05) is 37.4 Å². The summed E-state index contributed by atoms with van der Waals surface area (Å²) in [7, 11) is 1.94. The van der Waals surface area contributed by atoms with E-state index in [1.54, 1.807) is 0 Å². The van der Waals surface area contributed by atoms with Crippen LogP contribution in [0.25, 0.3) is 11.1 Å². The standard InChI is InChI=1S/C16H16N2O/c1-17-11-13-7-8-14-15(9-13)19-16(18-14)10-12-5-3-2-4-6-12/h2-9,17H,10-11H2,1H3. The highest BCUT2D eigenvalue weighted by molar-refractivity contribution is 5.73. The number of benzene rings is 2. The van der Waals surface area contributed by atoms with Crippen molar-refractivity contribution in [2.45, 2.75) is 13.0 Å². The number of rotatable bonds is 4. The molecule has 0 unspecified atom stereocenters. The zero-order valence-electron chi connectivity index (χ0n) is 10.9. The summed E-state index contributed by atoms with van der Waals surface area (Å²) in [6.07, 6.45) is 0.733. The maximum absolute atomic E-state index is 5.82. The zero-order chi connectivity index (χ0) is 13.1. The van der Waals surface area contributed by atoms with Crippen LogP contribution in [0.3, 0.4) is 0 Å². The first-order valence-electron chi connectivity index (χ1n) is 6.42. The summed E-state index contributed by atoms with van der Waals surface area (Å²) in [5, 5.41) is 3.13. The molecule has 0 spiro atoms. The van der Waals surface area contributed by atoms with Crippen molar-refractivity contribution in [2.75, 3.05) is 7.05 Å². The lowest BCUT2D eigenvalue weighted by Gasteiger charge is -1.97. The van der Waals surface area contributed by atoms with Gasteiger partial charge in [-0.05, 0) is 30.3 Å². The van der Waals surface area contributed by atoms with Crippen LogP contribution in [0.5, 0.6) is 0 Å². The van der Waals surface area contributed by atoms with Gasteiger partial charge in [0, 0.05) is 13.0 Å². The van der Waals surface area contributed by atoms with E-state index in [-0.39, 0.29) is 0 Å².